The maximum absolute atomic E-state index is 13.4. The van der Waals surface area contributed by atoms with Crippen LogP contribution >= 0.6 is 0 Å². The van der Waals surface area contributed by atoms with Gasteiger partial charge in [-0.15, -0.1) is 0 Å². The molecular formula is C26H23FN2O3. The second-order valence-electron chi connectivity index (χ2n) is 7.52. The largest absolute Gasteiger partial charge is 0.494 e. The maximum Gasteiger partial charge on any atom is 0.278 e. The van der Waals surface area contributed by atoms with Crippen molar-refractivity contribution in [1.29, 1.82) is 0 Å². The van der Waals surface area contributed by atoms with Crippen LogP contribution < -0.4 is 10.1 Å². The van der Waals surface area contributed by atoms with E-state index in [0.29, 0.717) is 23.6 Å². The highest BCUT2D eigenvalue weighted by molar-refractivity contribution is 6.36. The molecule has 0 saturated carbocycles. The molecule has 6 heteroatoms. The minimum Gasteiger partial charge on any atom is -0.494 e. The molecule has 4 rings (SSSR count). The van der Waals surface area contributed by atoms with E-state index >= 15 is 0 Å². The van der Waals surface area contributed by atoms with Gasteiger partial charge in [-0.1, -0.05) is 42.0 Å². The first kappa shape index (κ1) is 21.3. The molecular weight excluding hydrogens is 407 g/mol. The van der Waals surface area contributed by atoms with Crippen molar-refractivity contribution in [3.63, 3.8) is 0 Å². The number of benzene rings is 3. The number of hydrogen-bond donors (Lipinski definition) is 1. The lowest BCUT2D eigenvalue weighted by Gasteiger charge is -2.15. The molecule has 0 bridgehead atoms. The lowest BCUT2D eigenvalue weighted by Crippen LogP contribution is -2.32. The molecule has 5 nitrogen and oxygen atoms in total. The van der Waals surface area contributed by atoms with Crippen LogP contribution in [0.25, 0.3) is 5.57 Å². The van der Waals surface area contributed by atoms with E-state index in [1.807, 2.05) is 38.1 Å². The zero-order chi connectivity index (χ0) is 22.7. The number of carbonyl (C=O) groups excluding carboxylic acids is 2. The van der Waals surface area contributed by atoms with Crippen molar-refractivity contribution in [1.82, 2.24) is 4.90 Å². The first-order chi connectivity index (χ1) is 15.5. The quantitative estimate of drug-likeness (QED) is 0.541. The summed E-state index contributed by atoms with van der Waals surface area (Å²) >= 11 is 0. The van der Waals surface area contributed by atoms with Gasteiger partial charge in [0, 0.05) is 5.69 Å². The molecule has 0 aliphatic carbocycles. The molecule has 3 aromatic rings. The van der Waals surface area contributed by atoms with E-state index < -0.39 is 5.91 Å². The van der Waals surface area contributed by atoms with Crippen molar-refractivity contribution in [2.45, 2.75) is 20.4 Å². The van der Waals surface area contributed by atoms with Crippen molar-refractivity contribution in [2.75, 3.05) is 11.9 Å². The van der Waals surface area contributed by atoms with Crippen molar-refractivity contribution in [2.24, 2.45) is 0 Å². The highest BCUT2D eigenvalue weighted by Crippen LogP contribution is 2.32. The zero-order valence-electron chi connectivity index (χ0n) is 17.9. The van der Waals surface area contributed by atoms with Gasteiger partial charge in [-0.25, -0.2) is 4.39 Å². The van der Waals surface area contributed by atoms with Gasteiger partial charge < -0.3 is 10.1 Å². The summed E-state index contributed by atoms with van der Waals surface area (Å²) in [5, 5.41) is 3.03. The molecule has 0 radical (unpaired) electrons. The van der Waals surface area contributed by atoms with Gasteiger partial charge in [0.1, 0.15) is 17.3 Å². The van der Waals surface area contributed by atoms with Crippen LogP contribution in [0.5, 0.6) is 5.75 Å². The van der Waals surface area contributed by atoms with E-state index in [4.69, 9.17) is 4.74 Å². The summed E-state index contributed by atoms with van der Waals surface area (Å²) in [6.45, 7) is 4.56. The predicted molar refractivity (Wildman–Crippen MR) is 121 cm³/mol. The van der Waals surface area contributed by atoms with Crippen LogP contribution in [0, 0.1) is 12.7 Å². The lowest BCUT2D eigenvalue weighted by molar-refractivity contribution is -0.137. The van der Waals surface area contributed by atoms with E-state index in [1.54, 1.807) is 24.3 Å². The summed E-state index contributed by atoms with van der Waals surface area (Å²) in [4.78, 5) is 27.9. The number of ether oxygens (including phenoxy) is 1. The molecule has 2 amide bonds. The third-order valence-corrected chi connectivity index (χ3v) is 5.20. The van der Waals surface area contributed by atoms with E-state index in [0.717, 1.165) is 11.1 Å². The minimum absolute atomic E-state index is 0.160. The van der Waals surface area contributed by atoms with Crippen molar-refractivity contribution in [3.05, 3.63) is 101 Å². The molecule has 0 fully saturated rings. The molecule has 0 spiro atoms. The fourth-order valence-electron chi connectivity index (χ4n) is 3.54. The van der Waals surface area contributed by atoms with Gasteiger partial charge in [0.15, 0.2) is 0 Å². The van der Waals surface area contributed by atoms with Gasteiger partial charge in [0.2, 0.25) is 0 Å². The number of aryl methyl sites for hydroxylation is 1. The first-order valence-corrected chi connectivity index (χ1v) is 10.4. The number of rotatable bonds is 7. The van der Waals surface area contributed by atoms with Crippen LogP contribution in [0.2, 0.25) is 0 Å². The maximum atomic E-state index is 13.4. The topological polar surface area (TPSA) is 58.6 Å². The number of imide groups is 1. The Morgan fingerprint density at radius 3 is 2.16 bits per heavy atom. The van der Waals surface area contributed by atoms with E-state index in [-0.39, 0.29) is 29.5 Å². The van der Waals surface area contributed by atoms with Crippen LogP contribution in [-0.2, 0) is 16.1 Å². The Kier molecular flexibility index (Phi) is 6.03. The summed E-state index contributed by atoms with van der Waals surface area (Å²) in [5.41, 5.74) is 3.50. The Morgan fingerprint density at radius 1 is 0.875 bits per heavy atom. The minimum atomic E-state index is -0.427. The number of amides is 2. The number of carbonyl (C=O) groups is 2. The summed E-state index contributed by atoms with van der Waals surface area (Å²) in [6.07, 6.45) is 0. The van der Waals surface area contributed by atoms with Crippen molar-refractivity contribution in [3.8, 4) is 5.75 Å². The monoisotopic (exact) mass is 430 g/mol. The van der Waals surface area contributed by atoms with Crippen LogP contribution in [0.15, 0.2) is 78.5 Å². The van der Waals surface area contributed by atoms with Gasteiger partial charge in [0.05, 0.1) is 18.7 Å². The third kappa shape index (κ3) is 4.39. The summed E-state index contributed by atoms with van der Waals surface area (Å²) in [7, 11) is 0. The highest BCUT2D eigenvalue weighted by atomic mass is 19.1. The van der Waals surface area contributed by atoms with Crippen LogP contribution in [0.3, 0.4) is 0 Å². The summed E-state index contributed by atoms with van der Waals surface area (Å²) < 4.78 is 18.8. The van der Waals surface area contributed by atoms with Crippen molar-refractivity contribution >= 4 is 23.1 Å². The number of hydrogen-bond acceptors (Lipinski definition) is 4. The predicted octanol–water partition coefficient (Wildman–Crippen LogP) is 4.93. The molecule has 162 valence electrons. The number of nitrogens with zero attached hydrogens (tertiary/aromatic N) is 1. The van der Waals surface area contributed by atoms with Gasteiger partial charge in [-0.2, -0.15) is 0 Å². The number of halogens is 1. The molecule has 0 aromatic heterocycles. The van der Waals surface area contributed by atoms with E-state index in [2.05, 4.69) is 5.32 Å². The van der Waals surface area contributed by atoms with Crippen molar-refractivity contribution < 1.29 is 18.7 Å². The average Bonchev–Trinajstić information content (AvgIpc) is 3.02. The summed E-state index contributed by atoms with van der Waals surface area (Å²) in [6, 6.07) is 20.4. The standard InChI is InChI=1S/C26H23FN2O3/c1-3-32-22-14-8-19(9-15-22)23-24(28-21-12-10-20(27)11-13-21)26(31)29(25(23)30)16-18-6-4-17(2)5-7-18/h4-15,28H,3,16H2,1-2H3. The normalized spacial score (nSPS) is 13.7. The molecule has 1 heterocycles. The van der Waals surface area contributed by atoms with Gasteiger partial charge >= 0.3 is 0 Å². The Morgan fingerprint density at radius 2 is 1.53 bits per heavy atom. The lowest BCUT2D eigenvalue weighted by atomic mass is 10.0. The molecule has 1 N–H and O–H groups in total. The molecule has 3 aromatic carbocycles. The van der Waals surface area contributed by atoms with Gasteiger partial charge in [-0.05, 0) is 61.4 Å². The zero-order valence-corrected chi connectivity index (χ0v) is 17.9. The smallest absolute Gasteiger partial charge is 0.278 e. The van der Waals surface area contributed by atoms with E-state index in [1.165, 1.54) is 29.2 Å². The molecule has 32 heavy (non-hydrogen) atoms. The second kappa shape index (κ2) is 9.06. The molecule has 1 aliphatic heterocycles. The van der Waals surface area contributed by atoms with Gasteiger partial charge in [0.25, 0.3) is 11.8 Å². The SMILES string of the molecule is CCOc1ccc(C2=C(Nc3ccc(F)cc3)C(=O)N(Cc3ccc(C)cc3)C2=O)cc1. The fourth-order valence-corrected chi connectivity index (χ4v) is 3.54. The first-order valence-electron chi connectivity index (χ1n) is 10.4. The number of anilines is 1. The Hall–Kier alpha value is -3.93. The third-order valence-electron chi connectivity index (χ3n) is 5.20. The molecule has 0 unspecified atom stereocenters. The number of nitrogens with one attached hydrogen (secondary N) is 1. The van der Waals surface area contributed by atoms with Gasteiger partial charge in [-0.3, -0.25) is 14.5 Å². The molecule has 0 atom stereocenters. The van der Waals surface area contributed by atoms with Crippen LogP contribution in [-0.4, -0.2) is 23.3 Å². The Bertz CT molecular complexity index is 1170. The molecule has 1 aliphatic rings. The Balaban J connectivity index is 1.70. The fraction of sp³-hybridized carbons (Fsp3) is 0.154. The van der Waals surface area contributed by atoms with Crippen LogP contribution in [0.4, 0.5) is 10.1 Å². The second-order valence-corrected chi connectivity index (χ2v) is 7.52. The average molecular weight is 430 g/mol. The summed E-state index contributed by atoms with van der Waals surface area (Å²) in [5.74, 6) is -0.516. The highest BCUT2D eigenvalue weighted by Gasteiger charge is 2.39. The van der Waals surface area contributed by atoms with E-state index in [9.17, 15) is 14.0 Å². The van der Waals surface area contributed by atoms with Crippen LogP contribution in [0.1, 0.15) is 23.6 Å². The Labute approximate surface area is 186 Å². The molecule has 0 saturated heterocycles.